The molecule has 0 unspecified atom stereocenters. The fraction of sp³-hybridized carbons (Fsp3) is 0.643. The number of thiophene rings is 1. The Labute approximate surface area is 218 Å². The Hall–Kier alpha value is -1.78. The highest BCUT2D eigenvalue weighted by atomic mass is 32.1. The number of halogens is 2. The van der Waals surface area contributed by atoms with E-state index in [1.165, 1.54) is 18.2 Å². The number of alkyl halides is 2. The molecule has 9 heteroatoms. The van der Waals surface area contributed by atoms with Crippen LogP contribution in [0.4, 0.5) is 8.78 Å². The number of hydrogen-bond acceptors (Lipinski definition) is 7. The molecule has 1 aromatic rings. The second kappa shape index (κ2) is 8.11. The zero-order chi connectivity index (χ0) is 26.5. The van der Waals surface area contributed by atoms with Gasteiger partial charge in [0.1, 0.15) is 12.8 Å². The molecular weight excluding hydrogens is 500 g/mol. The summed E-state index contributed by atoms with van der Waals surface area (Å²) < 4.78 is 33.0. The Balaban J connectivity index is 1.41. The fourth-order valence-electron chi connectivity index (χ4n) is 8.78. The van der Waals surface area contributed by atoms with Crippen LogP contribution in [-0.4, -0.2) is 63.5 Å². The highest BCUT2D eigenvalue weighted by molar-refractivity contribution is 7.11. The maximum atomic E-state index is 17.4. The zero-order valence-corrected chi connectivity index (χ0v) is 22.1. The first kappa shape index (κ1) is 25.5. The molecule has 6 nitrogen and oxygen atoms in total. The van der Waals surface area contributed by atoms with E-state index in [4.69, 9.17) is 4.84 Å². The number of allylic oxidation sites excluding steroid dienone is 4. The molecule has 2 N–H and O–H groups in total. The van der Waals surface area contributed by atoms with Gasteiger partial charge in [-0.05, 0) is 68.9 Å². The van der Waals surface area contributed by atoms with Crippen LogP contribution in [0.2, 0.25) is 0 Å². The molecular formula is C28H33F2NO5S. The third-order valence-electron chi connectivity index (χ3n) is 10.4. The average molecular weight is 534 g/mol. The zero-order valence-electron chi connectivity index (χ0n) is 21.2. The van der Waals surface area contributed by atoms with Gasteiger partial charge in [-0.15, -0.1) is 11.3 Å². The third-order valence-corrected chi connectivity index (χ3v) is 11.3. The van der Waals surface area contributed by atoms with E-state index in [9.17, 15) is 19.8 Å². The van der Waals surface area contributed by atoms with Crippen molar-refractivity contribution >= 4 is 22.9 Å². The molecule has 2 heterocycles. The number of rotatable bonds is 4. The number of nitrogens with zero attached hydrogens (tertiary/aromatic N) is 1. The molecule has 0 spiro atoms. The van der Waals surface area contributed by atoms with E-state index in [1.807, 2.05) is 26.0 Å². The third kappa shape index (κ3) is 3.09. The summed E-state index contributed by atoms with van der Waals surface area (Å²) in [7, 11) is 0. The molecule has 1 aromatic heterocycles. The van der Waals surface area contributed by atoms with Crippen LogP contribution in [0.3, 0.4) is 0 Å². The number of aliphatic hydroxyl groups excluding tert-OH is 2. The Morgan fingerprint density at radius 3 is 2.70 bits per heavy atom. The summed E-state index contributed by atoms with van der Waals surface area (Å²) in [6, 6.07) is 4.04. The monoisotopic (exact) mass is 533 g/mol. The van der Waals surface area contributed by atoms with Crippen molar-refractivity contribution in [1.82, 2.24) is 5.06 Å². The van der Waals surface area contributed by atoms with Crippen LogP contribution in [0.1, 0.15) is 42.9 Å². The van der Waals surface area contributed by atoms with Crippen molar-refractivity contribution in [2.75, 3.05) is 13.2 Å². The standard InChI is InChI=1S/C28H33F2NO5S/c1-15-4-5-18(37-15)13-31-12-16-8-19-20-10-22(29)21-9-17(33)6-7-25(21,2)27(20,30)23(34)11-26(19,3)28(16,36-31)24(35)14-32/h4-7,9,16,19-20,22-23,32,34H,8,10-14H2,1-3H3/t16-,19-,20-,22-,23-,25-,26-,27-,28-/m0/s1. The van der Waals surface area contributed by atoms with Gasteiger partial charge in [0.2, 0.25) is 0 Å². The van der Waals surface area contributed by atoms with Gasteiger partial charge in [0.05, 0.1) is 12.6 Å². The molecule has 1 aliphatic heterocycles. The minimum atomic E-state index is -2.21. The van der Waals surface area contributed by atoms with Gasteiger partial charge >= 0.3 is 0 Å². The maximum absolute atomic E-state index is 17.4. The summed E-state index contributed by atoms with van der Waals surface area (Å²) in [5, 5.41) is 23.3. The van der Waals surface area contributed by atoms with Crippen LogP contribution in [0, 0.1) is 35.5 Å². The Kier molecular flexibility index (Phi) is 5.59. The van der Waals surface area contributed by atoms with E-state index < -0.39 is 58.6 Å². The highest BCUT2D eigenvalue weighted by Gasteiger charge is 2.79. The molecule has 0 radical (unpaired) electrons. The second-order valence-corrected chi connectivity index (χ2v) is 13.4. The molecule has 5 aliphatic rings. The normalized spacial score (nSPS) is 46.7. The Bertz CT molecular complexity index is 1230. The van der Waals surface area contributed by atoms with Crippen LogP contribution >= 0.6 is 11.3 Å². The number of carbonyl (C=O) groups is 2. The van der Waals surface area contributed by atoms with E-state index >= 15 is 8.78 Å². The smallest absolute Gasteiger partial charge is 0.192 e. The van der Waals surface area contributed by atoms with Gasteiger partial charge in [0.15, 0.2) is 22.8 Å². The van der Waals surface area contributed by atoms with Crippen LogP contribution in [-0.2, 0) is 21.0 Å². The number of aliphatic hydroxyl groups is 2. The Morgan fingerprint density at radius 1 is 1.27 bits per heavy atom. The largest absolute Gasteiger partial charge is 0.390 e. The lowest BCUT2D eigenvalue weighted by Gasteiger charge is -2.63. The van der Waals surface area contributed by atoms with Crippen molar-refractivity contribution in [1.29, 1.82) is 0 Å². The van der Waals surface area contributed by atoms with Gasteiger partial charge in [-0.25, -0.2) is 8.78 Å². The van der Waals surface area contributed by atoms with Crippen LogP contribution in [0.5, 0.6) is 0 Å². The topological polar surface area (TPSA) is 87.1 Å². The average Bonchev–Trinajstić information content (AvgIpc) is 3.49. The van der Waals surface area contributed by atoms with Gasteiger partial charge in [0.25, 0.3) is 0 Å². The van der Waals surface area contributed by atoms with Crippen molar-refractivity contribution in [2.45, 2.75) is 70.1 Å². The predicted molar refractivity (Wildman–Crippen MR) is 133 cm³/mol. The first-order valence-corrected chi connectivity index (χ1v) is 13.8. The molecule has 1 saturated heterocycles. The van der Waals surface area contributed by atoms with E-state index in [0.717, 1.165) is 9.75 Å². The number of hydroxylamine groups is 2. The molecule has 4 aliphatic carbocycles. The molecule has 3 saturated carbocycles. The summed E-state index contributed by atoms with van der Waals surface area (Å²) >= 11 is 1.64. The lowest BCUT2D eigenvalue weighted by Crippen LogP contribution is -2.70. The van der Waals surface area contributed by atoms with E-state index in [0.29, 0.717) is 19.5 Å². The number of hydrogen-bond donors (Lipinski definition) is 2. The van der Waals surface area contributed by atoms with Crippen molar-refractivity contribution in [3.63, 3.8) is 0 Å². The molecule has 6 rings (SSSR count). The minimum absolute atomic E-state index is 0.0690. The fourth-order valence-corrected chi connectivity index (χ4v) is 9.67. The molecule has 4 fully saturated rings. The molecule has 9 atom stereocenters. The number of carbonyl (C=O) groups excluding carboxylic acids is 2. The maximum Gasteiger partial charge on any atom is 0.192 e. The quantitative estimate of drug-likeness (QED) is 0.615. The minimum Gasteiger partial charge on any atom is -0.390 e. The van der Waals surface area contributed by atoms with Crippen LogP contribution < -0.4 is 0 Å². The predicted octanol–water partition coefficient (Wildman–Crippen LogP) is 3.65. The number of aryl methyl sites for hydroxylation is 1. The van der Waals surface area contributed by atoms with Crippen molar-refractivity contribution < 1.29 is 33.4 Å². The first-order chi connectivity index (χ1) is 17.4. The van der Waals surface area contributed by atoms with Crippen molar-refractivity contribution in [3.8, 4) is 0 Å². The number of Topliss-reactive ketones (excluding diaryl/α,β-unsaturated/α-hetero) is 1. The van der Waals surface area contributed by atoms with Gasteiger partial charge < -0.3 is 10.2 Å². The van der Waals surface area contributed by atoms with E-state index in [2.05, 4.69) is 0 Å². The van der Waals surface area contributed by atoms with Gasteiger partial charge in [-0.1, -0.05) is 13.0 Å². The molecule has 0 bridgehead atoms. The SMILES string of the molecule is Cc1ccc(CN2C[C@@H]3C[C@H]4[C@@H]5C[C@H](F)C6=CC(=O)C=C[C@]6(C)[C@@]5(F)[C@@H](O)C[C@]4(C)[C@]3(C(=O)CO)O2)s1. The highest BCUT2D eigenvalue weighted by Crippen LogP contribution is 2.72. The molecule has 0 amide bonds. The second-order valence-electron chi connectivity index (χ2n) is 12.0. The number of ketones is 2. The summed E-state index contributed by atoms with van der Waals surface area (Å²) in [5.41, 5.74) is -6.04. The molecule has 0 aromatic carbocycles. The van der Waals surface area contributed by atoms with Gasteiger partial charge in [-0.3, -0.25) is 14.4 Å². The van der Waals surface area contributed by atoms with Gasteiger partial charge in [0, 0.05) is 39.0 Å². The molecule has 37 heavy (non-hydrogen) atoms. The van der Waals surface area contributed by atoms with Crippen molar-refractivity contribution in [2.24, 2.45) is 28.6 Å². The van der Waals surface area contributed by atoms with E-state index in [1.54, 1.807) is 23.3 Å². The Morgan fingerprint density at radius 2 is 2.03 bits per heavy atom. The van der Waals surface area contributed by atoms with Crippen molar-refractivity contribution in [3.05, 3.63) is 45.7 Å². The lowest BCUT2D eigenvalue weighted by molar-refractivity contribution is -0.269. The van der Waals surface area contributed by atoms with Gasteiger partial charge in [-0.2, -0.15) is 5.06 Å². The summed E-state index contributed by atoms with van der Waals surface area (Å²) in [6.45, 7) is 5.60. The number of fused-ring (bicyclic) bond motifs is 7. The molecule has 200 valence electrons. The van der Waals surface area contributed by atoms with Crippen LogP contribution in [0.25, 0.3) is 0 Å². The summed E-state index contributed by atoms with van der Waals surface area (Å²) in [6.07, 6.45) is 0.982. The first-order valence-electron chi connectivity index (χ1n) is 13.0. The lowest BCUT2D eigenvalue weighted by atomic mass is 9.44. The van der Waals surface area contributed by atoms with E-state index in [-0.39, 0.29) is 30.1 Å². The van der Waals surface area contributed by atoms with Crippen LogP contribution in [0.15, 0.2) is 35.9 Å². The summed E-state index contributed by atoms with van der Waals surface area (Å²) in [5.74, 6) is -2.53. The summed E-state index contributed by atoms with van der Waals surface area (Å²) in [4.78, 5) is 34.3.